The number of azo groups is 1. The molecule has 0 aromatic carbocycles. The largest absolute Gasteiger partial charge is 0.293 e. The normalized spacial score (nSPS) is 17.2. The Hall–Kier alpha value is -0.990. The molecule has 1 rings (SSSR count). The van der Waals surface area contributed by atoms with Gasteiger partial charge in [0.1, 0.15) is 0 Å². The summed E-state index contributed by atoms with van der Waals surface area (Å²) in [6.07, 6.45) is 1.52. The number of carbonyl (C=O) groups is 1. The van der Waals surface area contributed by atoms with E-state index in [9.17, 15) is 4.79 Å². The Morgan fingerprint density at radius 1 is 1.56 bits per heavy atom. The molecule has 3 heteroatoms. The fourth-order valence-electron chi connectivity index (χ4n) is 0.652. The van der Waals surface area contributed by atoms with Gasteiger partial charge in [-0.3, -0.25) is 4.79 Å². The van der Waals surface area contributed by atoms with Crippen molar-refractivity contribution in [3.8, 4) is 0 Å². The van der Waals surface area contributed by atoms with Gasteiger partial charge in [0.05, 0.1) is 6.20 Å². The highest BCUT2D eigenvalue weighted by Crippen LogP contribution is 2.15. The lowest BCUT2D eigenvalue weighted by Gasteiger charge is -1.98. The summed E-state index contributed by atoms with van der Waals surface area (Å²) in [6, 6.07) is 0. The molecule has 1 amide bonds. The van der Waals surface area contributed by atoms with Crippen molar-refractivity contribution in [2.45, 2.75) is 13.8 Å². The van der Waals surface area contributed by atoms with Crippen LogP contribution in [0.15, 0.2) is 22.0 Å². The summed E-state index contributed by atoms with van der Waals surface area (Å²) in [4.78, 5) is 10.7. The average Bonchev–Trinajstić information content (AvgIpc) is 2.13. The van der Waals surface area contributed by atoms with Crippen LogP contribution < -0.4 is 0 Å². The van der Waals surface area contributed by atoms with E-state index < -0.39 is 0 Å². The number of amides is 1. The van der Waals surface area contributed by atoms with E-state index in [1.807, 2.05) is 13.8 Å². The number of nitrogens with zero attached hydrogens (tertiary/aromatic N) is 2. The van der Waals surface area contributed by atoms with Gasteiger partial charge < -0.3 is 0 Å². The zero-order valence-corrected chi connectivity index (χ0v) is 5.46. The topological polar surface area (TPSA) is 41.8 Å². The molecule has 0 aliphatic carbocycles. The van der Waals surface area contributed by atoms with E-state index in [0.29, 0.717) is 5.57 Å². The van der Waals surface area contributed by atoms with Gasteiger partial charge in [0, 0.05) is 5.57 Å². The molecule has 0 atom stereocenters. The molecule has 0 aromatic rings. The SMILES string of the molecule is CC(C)C1=CN=NC1=O. The Labute approximate surface area is 53.5 Å². The first-order valence-corrected chi connectivity index (χ1v) is 2.87. The molecule has 48 valence electrons. The van der Waals surface area contributed by atoms with E-state index in [1.165, 1.54) is 6.20 Å². The van der Waals surface area contributed by atoms with Crippen molar-refractivity contribution in [2.24, 2.45) is 16.1 Å². The maximum absolute atomic E-state index is 10.7. The van der Waals surface area contributed by atoms with Crippen LogP contribution in [-0.4, -0.2) is 5.91 Å². The molecule has 0 saturated heterocycles. The van der Waals surface area contributed by atoms with E-state index in [2.05, 4.69) is 10.2 Å². The third-order valence-electron chi connectivity index (χ3n) is 1.21. The van der Waals surface area contributed by atoms with E-state index >= 15 is 0 Å². The second-order valence-electron chi connectivity index (χ2n) is 2.26. The summed E-state index contributed by atoms with van der Waals surface area (Å²) >= 11 is 0. The van der Waals surface area contributed by atoms with Crippen LogP contribution in [-0.2, 0) is 4.79 Å². The van der Waals surface area contributed by atoms with E-state index in [0.717, 1.165) is 0 Å². The summed E-state index contributed by atoms with van der Waals surface area (Å²) in [5.41, 5.74) is 0.704. The lowest BCUT2D eigenvalue weighted by molar-refractivity contribution is -0.114. The number of hydrogen-bond acceptors (Lipinski definition) is 2. The van der Waals surface area contributed by atoms with Crippen LogP contribution >= 0.6 is 0 Å². The van der Waals surface area contributed by atoms with Gasteiger partial charge >= 0.3 is 0 Å². The van der Waals surface area contributed by atoms with Crippen molar-refractivity contribution in [1.82, 2.24) is 0 Å². The van der Waals surface area contributed by atoms with Crippen LogP contribution in [0.4, 0.5) is 0 Å². The molecule has 9 heavy (non-hydrogen) atoms. The predicted octanol–water partition coefficient (Wildman–Crippen LogP) is 1.52. The molecule has 1 aliphatic heterocycles. The quantitative estimate of drug-likeness (QED) is 0.522. The van der Waals surface area contributed by atoms with Crippen LogP contribution in [0.5, 0.6) is 0 Å². The standard InChI is InChI=1S/C6H8N2O/c1-4(2)5-3-7-8-6(5)9/h3-4H,1-2H3. The van der Waals surface area contributed by atoms with Crippen LogP contribution in [0.3, 0.4) is 0 Å². The molecule has 0 aromatic heterocycles. The Morgan fingerprint density at radius 3 is 2.44 bits per heavy atom. The zero-order chi connectivity index (χ0) is 6.85. The van der Waals surface area contributed by atoms with Crippen LogP contribution in [0.25, 0.3) is 0 Å². The second-order valence-corrected chi connectivity index (χ2v) is 2.26. The lowest BCUT2D eigenvalue weighted by atomic mass is 10.1. The molecule has 0 bridgehead atoms. The Kier molecular flexibility index (Phi) is 1.42. The van der Waals surface area contributed by atoms with E-state index in [1.54, 1.807) is 0 Å². The number of rotatable bonds is 1. The first-order valence-electron chi connectivity index (χ1n) is 2.87. The molecular formula is C6H8N2O. The second kappa shape index (κ2) is 2.09. The molecule has 3 nitrogen and oxygen atoms in total. The smallest absolute Gasteiger partial charge is 0.265 e. The van der Waals surface area contributed by atoms with Gasteiger partial charge in [-0.15, -0.1) is 5.11 Å². The summed E-state index contributed by atoms with van der Waals surface area (Å²) < 4.78 is 0. The Morgan fingerprint density at radius 2 is 2.22 bits per heavy atom. The van der Waals surface area contributed by atoms with Crippen molar-refractivity contribution in [1.29, 1.82) is 0 Å². The van der Waals surface area contributed by atoms with Gasteiger partial charge in [-0.25, -0.2) is 0 Å². The average molecular weight is 124 g/mol. The monoisotopic (exact) mass is 124 g/mol. The van der Waals surface area contributed by atoms with Crippen LogP contribution in [0.1, 0.15) is 13.8 Å². The molecule has 0 spiro atoms. The first-order chi connectivity index (χ1) is 4.22. The molecular weight excluding hydrogens is 116 g/mol. The van der Waals surface area contributed by atoms with Crippen molar-refractivity contribution in [3.63, 3.8) is 0 Å². The van der Waals surface area contributed by atoms with Gasteiger partial charge in [-0.1, -0.05) is 13.8 Å². The van der Waals surface area contributed by atoms with Gasteiger partial charge in [-0.05, 0) is 5.92 Å². The highest BCUT2D eigenvalue weighted by molar-refractivity contribution is 5.95. The van der Waals surface area contributed by atoms with Crippen molar-refractivity contribution < 1.29 is 4.79 Å². The molecule has 0 unspecified atom stereocenters. The predicted molar refractivity (Wildman–Crippen MR) is 32.8 cm³/mol. The molecule has 0 N–H and O–H groups in total. The van der Waals surface area contributed by atoms with Crippen molar-refractivity contribution in [2.75, 3.05) is 0 Å². The lowest BCUT2D eigenvalue weighted by Crippen LogP contribution is -2.00. The van der Waals surface area contributed by atoms with Gasteiger partial charge in [-0.2, -0.15) is 5.11 Å². The molecule has 0 fully saturated rings. The van der Waals surface area contributed by atoms with E-state index in [4.69, 9.17) is 0 Å². The summed E-state index contributed by atoms with van der Waals surface area (Å²) in [7, 11) is 0. The van der Waals surface area contributed by atoms with Crippen molar-refractivity contribution >= 4 is 5.91 Å². The third-order valence-corrected chi connectivity index (χ3v) is 1.21. The Balaban J connectivity index is 2.76. The van der Waals surface area contributed by atoms with Gasteiger partial charge in [0.2, 0.25) is 0 Å². The summed E-state index contributed by atoms with van der Waals surface area (Å²) in [5, 5.41) is 6.81. The minimum atomic E-state index is -0.190. The molecule has 0 saturated carbocycles. The highest BCUT2D eigenvalue weighted by Gasteiger charge is 2.15. The number of carbonyl (C=O) groups excluding carboxylic acids is 1. The molecule has 1 aliphatic rings. The number of hydrogen-bond donors (Lipinski definition) is 0. The Bertz CT molecular complexity index is 191. The fraction of sp³-hybridized carbons (Fsp3) is 0.500. The molecule has 1 heterocycles. The summed E-state index contributed by atoms with van der Waals surface area (Å²) in [5.74, 6) is 0.0532. The third kappa shape index (κ3) is 1.04. The maximum atomic E-state index is 10.7. The zero-order valence-electron chi connectivity index (χ0n) is 5.46. The fourth-order valence-corrected chi connectivity index (χ4v) is 0.652. The van der Waals surface area contributed by atoms with Gasteiger partial charge in [0.15, 0.2) is 0 Å². The molecule has 0 radical (unpaired) electrons. The highest BCUT2D eigenvalue weighted by atomic mass is 16.2. The van der Waals surface area contributed by atoms with Crippen molar-refractivity contribution in [3.05, 3.63) is 11.8 Å². The summed E-state index contributed by atoms with van der Waals surface area (Å²) in [6.45, 7) is 3.89. The van der Waals surface area contributed by atoms with Crippen LogP contribution in [0.2, 0.25) is 0 Å². The minimum absolute atomic E-state index is 0.190. The minimum Gasteiger partial charge on any atom is -0.265 e. The van der Waals surface area contributed by atoms with Crippen LogP contribution in [0, 0.1) is 5.92 Å². The van der Waals surface area contributed by atoms with Gasteiger partial charge in [0.25, 0.3) is 5.91 Å². The van der Waals surface area contributed by atoms with E-state index in [-0.39, 0.29) is 11.8 Å². The maximum Gasteiger partial charge on any atom is 0.293 e. The first kappa shape index (κ1) is 6.13.